The van der Waals surface area contributed by atoms with Gasteiger partial charge in [-0.25, -0.2) is 0 Å². The Morgan fingerprint density at radius 1 is 1.10 bits per heavy atom. The molecule has 162 valence electrons. The molecule has 3 rings (SSSR count). The van der Waals surface area contributed by atoms with Crippen molar-refractivity contribution in [3.8, 4) is 0 Å². The molecule has 4 atom stereocenters. The monoisotopic (exact) mass is 402 g/mol. The number of carbonyl (C=O) groups excluding carboxylic acids is 1. The predicted molar refractivity (Wildman–Crippen MR) is 115 cm³/mol. The van der Waals surface area contributed by atoms with Crippen molar-refractivity contribution in [1.82, 2.24) is 10.6 Å². The van der Waals surface area contributed by atoms with E-state index >= 15 is 0 Å². The summed E-state index contributed by atoms with van der Waals surface area (Å²) in [6.07, 6.45) is 9.02. The number of aliphatic hydroxyl groups is 2. The van der Waals surface area contributed by atoms with Crippen molar-refractivity contribution in [2.24, 2.45) is 17.8 Å². The first-order valence-corrected chi connectivity index (χ1v) is 11.4. The van der Waals surface area contributed by atoms with Gasteiger partial charge in [-0.2, -0.15) is 0 Å². The van der Waals surface area contributed by atoms with Crippen LogP contribution >= 0.6 is 0 Å². The lowest BCUT2D eigenvalue weighted by Gasteiger charge is -2.33. The molecule has 1 aliphatic heterocycles. The lowest BCUT2D eigenvalue weighted by atomic mass is 9.78. The van der Waals surface area contributed by atoms with Crippen LogP contribution in [0.1, 0.15) is 70.0 Å². The van der Waals surface area contributed by atoms with Gasteiger partial charge in [0.15, 0.2) is 0 Å². The highest BCUT2D eigenvalue weighted by molar-refractivity contribution is 5.82. The average Bonchev–Trinajstić information content (AvgIpc) is 2.77. The van der Waals surface area contributed by atoms with E-state index in [0.29, 0.717) is 11.5 Å². The topological polar surface area (TPSA) is 81.6 Å². The number of carbonyl (C=O) groups is 1. The van der Waals surface area contributed by atoms with Gasteiger partial charge < -0.3 is 20.8 Å². The molecule has 4 N–H and O–H groups in total. The van der Waals surface area contributed by atoms with Gasteiger partial charge in [0.1, 0.15) is 6.10 Å². The first-order valence-electron chi connectivity index (χ1n) is 11.4. The molecule has 5 nitrogen and oxygen atoms in total. The maximum Gasteiger partial charge on any atom is 0.237 e. The lowest BCUT2D eigenvalue weighted by Crippen LogP contribution is -2.53. The lowest BCUT2D eigenvalue weighted by molar-refractivity contribution is -0.126. The number of nitrogens with one attached hydrogen (secondary N) is 2. The molecular weight excluding hydrogens is 364 g/mol. The molecule has 29 heavy (non-hydrogen) atoms. The van der Waals surface area contributed by atoms with Crippen LogP contribution in [0.2, 0.25) is 0 Å². The molecule has 0 spiro atoms. The van der Waals surface area contributed by atoms with Gasteiger partial charge in [-0.3, -0.25) is 4.79 Å². The number of benzene rings is 1. The largest absolute Gasteiger partial charge is 0.394 e. The zero-order chi connectivity index (χ0) is 20.6. The van der Waals surface area contributed by atoms with E-state index in [0.717, 1.165) is 31.2 Å². The number of amides is 1. The van der Waals surface area contributed by atoms with E-state index in [2.05, 4.69) is 17.6 Å². The van der Waals surface area contributed by atoms with Crippen LogP contribution in [0.25, 0.3) is 0 Å². The fraction of sp³-hybridized carbons (Fsp3) is 0.708. The summed E-state index contributed by atoms with van der Waals surface area (Å²) in [4.78, 5) is 12.8. The highest BCUT2D eigenvalue weighted by atomic mass is 16.3. The van der Waals surface area contributed by atoms with Gasteiger partial charge >= 0.3 is 0 Å². The molecule has 1 saturated heterocycles. The van der Waals surface area contributed by atoms with Gasteiger partial charge in [-0.05, 0) is 42.7 Å². The molecule has 5 heteroatoms. The summed E-state index contributed by atoms with van der Waals surface area (Å²) in [7, 11) is 0. The molecule has 1 aromatic rings. The Balaban J connectivity index is 1.47. The molecule has 0 radical (unpaired) electrons. The molecule has 2 unspecified atom stereocenters. The smallest absolute Gasteiger partial charge is 0.237 e. The number of hydrogen-bond acceptors (Lipinski definition) is 4. The minimum absolute atomic E-state index is 0.116. The third-order valence-corrected chi connectivity index (χ3v) is 6.99. The van der Waals surface area contributed by atoms with Gasteiger partial charge in [0, 0.05) is 0 Å². The molecule has 1 heterocycles. The van der Waals surface area contributed by atoms with Gasteiger partial charge in [0.05, 0.1) is 18.7 Å². The van der Waals surface area contributed by atoms with Crippen molar-refractivity contribution in [2.45, 2.75) is 76.5 Å². The van der Waals surface area contributed by atoms with Crippen molar-refractivity contribution < 1.29 is 15.0 Å². The summed E-state index contributed by atoms with van der Waals surface area (Å²) in [5, 5.41) is 26.4. The Labute approximate surface area is 175 Å². The summed E-state index contributed by atoms with van der Waals surface area (Å²) < 4.78 is 0. The van der Waals surface area contributed by atoms with Crippen LogP contribution in [0.3, 0.4) is 0 Å². The third kappa shape index (κ3) is 6.53. The molecule has 0 bridgehead atoms. The van der Waals surface area contributed by atoms with Crippen molar-refractivity contribution in [3.05, 3.63) is 35.9 Å². The molecule has 0 aromatic heterocycles. The van der Waals surface area contributed by atoms with E-state index in [9.17, 15) is 15.0 Å². The maximum atomic E-state index is 12.8. The first-order chi connectivity index (χ1) is 14.1. The summed E-state index contributed by atoms with van der Waals surface area (Å²) in [5.41, 5.74) is 0.697. The standard InChI is InChI=1S/C24H38N2O3/c1-17-7-9-18(10-8-17)11-12-19-13-14-25-21(15-19)24(29)26-22(16-27)23(28)20-5-3-2-4-6-20/h2-6,17-19,21-23,25,27-28H,7-16H2,1H3,(H,26,29)/t17?,18?,19?,21?,22-,23+/m0/s1. The quantitative estimate of drug-likeness (QED) is 0.538. The summed E-state index contributed by atoms with van der Waals surface area (Å²) >= 11 is 0. The Bertz CT molecular complexity index is 616. The molecule has 1 saturated carbocycles. The van der Waals surface area contributed by atoms with Crippen LogP contribution in [0.15, 0.2) is 30.3 Å². The molecule has 1 aliphatic carbocycles. The Kier molecular flexibility index (Phi) is 8.52. The van der Waals surface area contributed by atoms with Crippen LogP contribution in [-0.4, -0.2) is 41.4 Å². The molecular formula is C24H38N2O3. The average molecular weight is 403 g/mol. The highest BCUT2D eigenvalue weighted by Gasteiger charge is 2.30. The summed E-state index contributed by atoms with van der Waals surface area (Å²) in [6.45, 7) is 2.92. The highest BCUT2D eigenvalue weighted by Crippen LogP contribution is 2.33. The van der Waals surface area contributed by atoms with E-state index in [-0.39, 0.29) is 18.6 Å². The SMILES string of the molecule is CC1CCC(CCC2CCNC(C(=O)N[C@@H](CO)[C@H](O)c3ccccc3)C2)CC1. The zero-order valence-electron chi connectivity index (χ0n) is 17.7. The first kappa shape index (κ1) is 22.3. The van der Waals surface area contributed by atoms with Gasteiger partial charge in [-0.15, -0.1) is 0 Å². The van der Waals surface area contributed by atoms with Crippen LogP contribution < -0.4 is 10.6 Å². The minimum Gasteiger partial charge on any atom is -0.394 e. The molecule has 2 fully saturated rings. The van der Waals surface area contributed by atoms with Crippen molar-refractivity contribution >= 4 is 5.91 Å². The van der Waals surface area contributed by atoms with Crippen molar-refractivity contribution in [2.75, 3.05) is 13.2 Å². The van der Waals surface area contributed by atoms with E-state index in [1.165, 1.54) is 38.5 Å². The molecule has 1 amide bonds. The van der Waals surface area contributed by atoms with Gasteiger partial charge in [0.2, 0.25) is 5.91 Å². The minimum atomic E-state index is -0.918. The van der Waals surface area contributed by atoms with Crippen molar-refractivity contribution in [1.29, 1.82) is 0 Å². The number of aliphatic hydroxyl groups excluding tert-OH is 2. The Morgan fingerprint density at radius 3 is 2.48 bits per heavy atom. The van der Waals surface area contributed by atoms with Gasteiger partial charge in [-0.1, -0.05) is 75.8 Å². The van der Waals surface area contributed by atoms with E-state index < -0.39 is 12.1 Å². The molecule has 1 aromatic carbocycles. The fourth-order valence-electron chi connectivity index (χ4n) is 4.94. The van der Waals surface area contributed by atoms with E-state index in [1.54, 1.807) is 12.1 Å². The Hall–Kier alpha value is -1.43. The zero-order valence-corrected chi connectivity index (χ0v) is 17.7. The summed E-state index contributed by atoms with van der Waals surface area (Å²) in [6, 6.07) is 8.24. The second-order valence-corrected chi connectivity index (χ2v) is 9.25. The second-order valence-electron chi connectivity index (χ2n) is 9.25. The number of piperidine rings is 1. The summed E-state index contributed by atoms with van der Waals surface area (Å²) in [5.74, 6) is 2.23. The number of hydrogen-bond donors (Lipinski definition) is 4. The second kappa shape index (κ2) is 11.1. The number of rotatable bonds is 8. The maximum absolute atomic E-state index is 12.8. The van der Waals surface area contributed by atoms with Crippen LogP contribution in [0.5, 0.6) is 0 Å². The van der Waals surface area contributed by atoms with Gasteiger partial charge in [0.25, 0.3) is 0 Å². The van der Waals surface area contributed by atoms with Crippen LogP contribution in [0.4, 0.5) is 0 Å². The van der Waals surface area contributed by atoms with E-state index in [1.807, 2.05) is 18.2 Å². The molecule has 2 aliphatic rings. The Morgan fingerprint density at radius 2 is 1.79 bits per heavy atom. The normalized spacial score (nSPS) is 29.8. The van der Waals surface area contributed by atoms with Crippen molar-refractivity contribution in [3.63, 3.8) is 0 Å². The van der Waals surface area contributed by atoms with Crippen LogP contribution in [0, 0.1) is 17.8 Å². The third-order valence-electron chi connectivity index (χ3n) is 6.99. The van der Waals surface area contributed by atoms with E-state index in [4.69, 9.17) is 0 Å². The van der Waals surface area contributed by atoms with Crippen LogP contribution in [-0.2, 0) is 4.79 Å². The predicted octanol–water partition coefficient (Wildman–Crippen LogP) is 3.17. The fourth-order valence-corrected chi connectivity index (χ4v) is 4.94.